The zero-order chi connectivity index (χ0) is 14.4. The maximum absolute atomic E-state index is 5.89. The van der Waals surface area contributed by atoms with Crippen molar-refractivity contribution in [1.82, 2.24) is 10.3 Å². The van der Waals surface area contributed by atoms with E-state index < -0.39 is 0 Å². The molecule has 106 valence electrons. The number of pyridine rings is 1. The van der Waals surface area contributed by atoms with Crippen LogP contribution in [0.15, 0.2) is 41.0 Å². The van der Waals surface area contributed by atoms with Crippen molar-refractivity contribution in [2.75, 3.05) is 14.2 Å². The van der Waals surface area contributed by atoms with E-state index in [2.05, 4.69) is 26.2 Å². The van der Waals surface area contributed by atoms with Crippen molar-refractivity contribution in [1.29, 1.82) is 0 Å². The SMILES string of the molecule is CNCc1cccc(OC)c1OCc1ccc(Br)cn1. The zero-order valence-corrected chi connectivity index (χ0v) is 13.1. The lowest BCUT2D eigenvalue weighted by Gasteiger charge is -2.14. The molecule has 1 N–H and O–H groups in total. The van der Waals surface area contributed by atoms with E-state index in [9.17, 15) is 0 Å². The van der Waals surface area contributed by atoms with Gasteiger partial charge in [0.05, 0.1) is 12.8 Å². The number of aromatic nitrogens is 1. The summed E-state index contributed by atoms with van der Waals surface area (Å²) in [5.74, 6) is 1.49. The summed E-state index contributed by atoms with van der Waals surface area (Å²) in [7, 11) is 3.54. The van der Waals surface area contributed by atoms with E-state index in [1.807, 2.05) is 37.4 Å². The van der Waals surface area contributed by atoms with Gasteiger partial charge in [0.25, 0.3) is 0 Å². The fourth-order valence-electron chi connectivity index (χ4n) is 1.85. The number of nitrogens with one attached hydrogen (secondary N) is 1. The van der Waals surface area contributed by atoms with E-state index in [4.69, 9.17) is 9.47 Å². The quantitative estimate of drug-likeness (QED) is 0.879. The fraction of sp³-hybridized carbons (Fsp3) is 0.267. The molecule has 0 spiro atoms. The molecule has 0 unspecified atom stereocenters. The maximum Gasteiger partial charge on any atom is 0.166 e. The Hall–Kier alpha value is -1.59. The number of halogens is 1. The number of methoxy groups -OCH3 is 1. The summed E-state index contributed by atoms with van der Waals surface area (Å²) in [5.41, 5.74) is 1.93. The minimum atomic E-state index is 0.407. The highest BCUT2D eigenvalue weighted by atomic mass is 79.9. The van der Waals surface area contributed by atoms with E-state index >= 15 is 0 Å². The Bertz CT molecular complexity index is 558. The third-order valence-electron chi connectivity index (χ3n) is 2.80. The molecule has 0 aliphatic rings. The van der Waals surface area contributed by atoms with Crippen LogP contribution in [-0.2, 0) is 13.2 Å². The molecule has 2 rings (SSSR count). The van der Waals surface area contributed by atoms with E-state index in [1.165, 1.54) is 0 Å². The summed E-state index contributed by atoms with van der Waals surface area (Å²) in [6.45, 7) is 1.13. The van der Waals surface area contributed by atoms with Crippen LogP contribution in [0.25, 0.3) is 0 Å². The maximum atomic E-state index is 5.89. The minimum absolute atomic E-state index is 0.407. The fourth-order valence-corrected chi connectivity index (χ4v) is 2.09. The first-order valence-electron chi connectivity index (χ1n) is 6.28. The number of benzene rings is 1. The van der Waals surface area contributed by atoms with Crippen LogP contribution >= 0.6 is 15.9 Å². The normalized spacial score (nSPS) is 10.3. The Morgan fingerprint density at radius 1 is 1.25 bits per heavy atom. The molecule has 0 saturated carbocycles. The van der Waals surface area contributed by atoms with Crippen LogP contribution in [-0.4, -0.2) is 19.1 Å². The van der Waals surface area contributed by atoms with Gasteiger partial charge < -0.3 is 14.8 Å². The van der Waals surface area contributed by atoms with Gasteiger partial charge in [0, 0.05) is 22.8 Å². The molecule has 20 heavy (non-hydrogen) atoms. The summed E-state index contributed by atoms with van der Waals surface area (Å²) < 4.78 is 12.2. The lowest BCUT2D eigenvalue weighted by molar-refractivity contribution is 0.277. The van der Waals surface area contributed by atoms with Crippen LogP contribution in [0, 0.1) is 0 Å². The zero-order valence-electron chi connectivity index (χ0n) is 11.5. The van der Waals surface area contributed by atoms with E-state index in [0.29, 0.717) is 6.61 Å². The highest BCUT2D eigenvalue weighted by Crippen LogP contribution is 2.31. The highest BCUT2D eigenvalue weighted by Gasteiger charge is 2.10. The van der Waals surface area contributed by atoms with Crippen molar-refractivity contribution in [2.45, 2.75) is 13.2 Å². The van der Waals surface area contributed by atoms with Crippen LogP contribution < -0.4 is 14.8 Å². The van der Waals surface area contributed by atoms with Crippen LogP contribution in [0.5, 0.6) is 11.5 Å². The topological polar surface area (TPSA) is 43.4 Å². The molecule has 0 atom stereocenters. The number of hydrogen-bond acceptors (Lipinski definition) is 4. The van der Waals surface area contributed by atoms with Crippen LogP contribution in [0.2, 0.25) is 0 Å². The molecule has 0 bridgehead atoms. The smallest absolute Gasteiger partial charge is 0.166 e. The number of para-hydroxylation sites is 1. The van der Waals surface area contributed by atoms with E-state index in [1.54, 1.807) is 13.3 Å². The van der Waals surface area contributed by atoms with Gasteiger partial charge in [-0.25, -0.2) is 0 Å². The lowest BCUT2D eigenvalue weighted by Crippen LogP contribution is -2.08. The molecular weight excluding hydrogens is 320 g/mol. The third-order valence-corrected chi connectivity index (χ3v) is 3.27. The number of ether oxygens (including phenoxy) is 2. The van der Waals surface area contributed by atoms with E-state index in [0.717, 1.165) is 33.8 Å². The van der Waals surface area contributed by atoms with Gasteiger partial charge in [-0.2, -0.15) is 0 Å². The second kappa shape index (κ2) is 7.26. The van der Waals surface area contributed by atoms with Gasteiger partial charge in [0.15, 0.2) is 11.5 Å². The monoisotopic (exact) mass is 336 g/mol. The molecule has 5 heteroatoms. The predicted octanol–water partition coefficient (Wildman–Crippen LogP) is 3.15. The largest absolute Gasteiger partial charge is 0.493 e. The molecule has 0 fully saturated rings. The third kappa shape index (κ3) is 3.71. The average molecular weight is 337 g/mol. The Morgan fingerprint density at radius 2 is 2.10 bits per heavy atom. The average Bonchev–Trinajstić information content (AvgIpc) is 2.47. The number of hydrogen-bond donors (Lipinski definition) is 1. The summed E-state index contributed by atoms with van der Waals surface area (Å²) in [6.07, 6.45) is 1.76. The van der Waals surface area contributed by atoms with Crippen molar-refractivity contribution in [3.8, 4) is 11.5 Å². The van der Waals surface area contributed by atoms with Crippen molar-refractivity contribution in [2.24, 2.45) is 0 Å². The Morgan fingerprint density at radius 3 is 2.75 bits per heavy atom. The van der Waals surface area contributed by atoms with Crippen molar-refractivity contribution in [3.05, 3.63) is 52.3 Å². The van der Waals surface area contributed by atoms with E-state index in [-0.39, 0.29) is 0 Å². The van der Waals surface area contributed by atoms with Crippen molar-refractivity contribution >= 4 is 15.9 Å². The first kappa shape index (κ1) is 14.8. The summed E-state index contributed by atoms with van der Waals surface area (Å²) >= 11 is 3.36. The predicted molar refractivity (Wildman–Crippen MR) is 82.0 cm³/mol. The molecule has 1 aromatic heterocycles. The van der Waals surface area contributed by atoms with Gasteiger partial charge in [-0.15, -0.1) is 0 Å². The summed E-state index contributed by atoms with van der Waals surface area (Å²) in [6, 6.07) is 9.74. The Kier molecular flexibility index (Phi) is 5.38. The molecule has 1 aromatic carbocycles. The van der Waals surface area contributed by atoms with Crippen LogP contribution in [0.4, 0.5) is 0 Å². The Labute approximate surface area is 127 Å². The van der Waals surface area contributed by atoms with Crippen molar-refractivity contribution in [3.63, 3.8) is 0 Å². The molecule has 0 amide bonds. The minimum Gasteiger partial charge on any atom is -0.493 e. The molecule has 2 aromatic rings. The summed E-state index contributed by atoms with van der Waals surface area (Å²) in [4.78, 5) is 4.30. The van der Waals surface area contributed by atoms with Gasteiger partial charge >= 0.3 is 0 Å². The number of rotatable bonds is 6. The standard InChI is InChI=1S/C15H17BrN2O2/c1-17-8-11-4-3-5-14(19-2)15(11)20-10-13-7-6-12(16)9-18-13/h3-7,9,17H,8,10H2,1-2H3. The molecule has 0 aliphatic heterocycles. The molecule has 0 radical (unpaired) electrons. The van der Waals surface area contributed by atoms with Gasteiger partial charge in [0.1, 0.15) is 6.61 Å². The number of nitrogens with zero attached hydrogens (tertiary/aromatic N) is 1. The molecule has 1 heterocycles. The van der Waals surface area contributed by atoms with Gasteiger partial charge in [-0.05, 0) is 41.2 Å². The first-order valence-corrected chi connectivity index (χ1v) is 7.07. The lowest BCUT2D eigenvalue weighted by atomic mass is 10.2. The van der Waals surface area contributed by atoms with Gasteiger partial charge in [0.2, 0.25) is 0 Å². The Balaban J connectivity index is 2.16. The molecule has 0 aliphatic carbocycles. The first-order chi connectivity index (χ1) is 9.74. The van der Waals surface area contributed by atoms with Gasteiger partial charge in [-0.3, -0.25) is 4.98 Å². The van der Waals surface area contributed by atoms with Gasteiger partial charge in [-0.1, -0.05) is 12.1 Å². The van der Waals surface area contributed by atoms with Crippen LogP contribution in [0.3, 0.4) is 0 Å². The van der Waals surface area contributed by atoms with Crippen molar-refractivity contribution < 1.29 is 9.47 Å². The second-order valence-electron chi connectivity index (χ2n) is 4.24. The summed E-state index contributed by atoms with van der Waals surface area (Å²) in [5, 5.41) is 3.12. The molecule has 0 saturated heterocycles. The van der Waals surface area contributed by atoms with Crippen LogP contribution in [0.1, 0.15) is 11.3 Å². The molecular formula is C15H17BrN2O2. The molecule has 4 nitrogen and oxygen atoms in total. The highest BCUT2D eigenvalue weighted by molar-refractivity contribution is 9.10. The second-order valence-corrected chi connectivity index (χ2v) is 5.15.